The molecule has 4 aromatic rings. The van der Waals surface area contributed by atoms with Crippen molar-refractivity contribution in [3.63, 3.8) is 0 Å². The molecule has 2 aromatic heterocycles. The lowest BCUT2D eigenvalue weighted by Crippen LogP contribution is -2.41. The van der Waals surface area contributed by atoms with E-state index in [1.807, 2.05) is 6.07 Å². The molecule has 39 heavy (non-hydrogen) atoms. The maximum atomic E-state index is 13.5. The molecule has 0 aliphatic carbocycles. The monoisotopic (exact) mass is 548 g/mol. The predicted octanol–water partition coefficient (Wildman–Crippen LogP) is 5.29. The predicted molar refractivity (Wildman–Crippen MR) is 147 cm³/mol. The van der Waals surface area contributed by atoms with E-state index in [0.717, 1.165) is 12.8 Å². The van der Waals surface area contributed by atoms with Crippen molar-refractivity contribution in [2.24, 2.45) is 5.92 Å². The van der Waals surface area contributed by atoms with E-state index in [1.165, 1.54) is 10.4 Å². The lowest BCUT2D eigenvalue weighted by molar-refractivity contribution is 0.180. The summed E-state index contributed by atoms with van der Waals surface area (Å²) in [7, 11) is -3.65. The Morgan fingerprint density at radius 1 is 1.05 bits per heavy atom. The van der Waals surface area contributed by atoms with Gasteiger partial charge in [-0.05, 0) is 86.0 Å². The van der Waals surface area contributed by atoms with Crippen LogP contribution in [0.25, 0.3) is 0 Å². The largest absolute Gasteiger partial charge is 0.492 e. The Hall–Kier alpha value is -4.09. The number of benzene rings is 2. The van der Waals surface area contributed by atoms with Gasteiger partial charge in [-0.1, -0.05) is 0 Å². The van der Waals surface area contributed by atoms with Gasteiger partial charge in [0, 0.05) is 42.8 Å². The average molecular weight is 549 g/mol. The number of rotatable bonds is 9. The van der Waals surface area contributed by atoms with E-state index in [-0.39, 0.29) is 16.6 Å². The number of ether oxygens (including phenoxy) is 1. The second-order valence-electron chi connectivity index (χ2n) is 9.37. The van der Waals surface area contributed by atoms with E-state index in [1.54, 1.807) is 74.0 Å². The summed E-state index contributed by atoms with van der Waals surface area (Å²) in [5.41, 5.74) is 1.88. The molecule has 1 atom stereocenters. The van der Waals surface area contributed by atoms with Crippen LogP contribution in [0.5, 0.6) is 5.75 Å². The van der Waals surface area contributed by atoms with Gasteiger partial charge in [0.2, 0.25) is 16.0 Å². The summed E-state index contributed by atoms with van der Waals surface area (Å²) in [4.78, 5) is 12.9. The topological polar surface area (TPSA) is 109 Å². The van der Waals surface area contributed by atoms with E-state index in [4.69, 9.17) is 4.74 Å². The summed E-state index contributed by atoms with van der Waals surface area (Å²) in [6, 6.07) is 16.6. The molecule has 5 rings (SSSR count). The molecule has 0 radical (unpaired) electrons. The third kappa shape index (κ3) is 6.68. The molecule has 0 saturated carbocycles. The summed E-state index contributed by atoms with van der Waals surface area (Å²) >= 11 is 0. The number of aryl methyl sites for hydroxylation is 1. The normalized spacial score (nSPS) is 16.0. The van der Waals surface area contributed by atoms with Crippen LogP contribution in [0.3, 0.4) is 0 Å². The minimum atomic E-state index is -3.65. The zero-order valence-corrected chi connectivity index (χ0v) is 22.2. The molecular formula is C28H29FN6O3S. The van der Waals surface area contributed by atoms with E-state index in [9.17, 15) is 12.8 Å². The van der Waals surface area contributed by atoms with Crippen LogP contribution >= 0.6 is 0 Å². The van der Waals surface area contributed by atoms with Crippen LogP contribution < -0.4 is 15.4 Å². The lowest BCUT2D eigenvalue weighted by Gasteiger charge is -2.31. The molecule has 0 spiro atoms. The van der Waals surface area contributed by atoms with Crippen LogP contribution in [0.1, 0.15) is 18.4 Å². The molecule has 0 bridgehead atoms. The van der Waals surface area contributed by atoms with Gasteiger partial charge in [0.1, 0.15) is 17.4 Å². The number of nitrogens with zero attached hydrogens (tertiary/aromatic N) is 4. The van der Waals surface area contributed by atoms with Crippen molar-refractivity contribution < 1.29 is 17.5 Å². The fourth-order valence-electron chi connectivity index (χ4n) is 4.38. The summed E-state index contributed by atoms with van der Waals surface area (Å²) in [5.74, 6) is 1.38. The Morgan fingerprint density at radius 2 is 1.87 bits per heavy atom. The molecule has 0 amide bonds. The van der Waals surface area contributed by atoms with Crippen molar-refractivity contribution in [2.75, 3.05) is 30.3 Å². The second kappa shape index (κ2) is 11.7. The number of pyridine rings is 1. The van der Waals surface area contributed by atoms with Gasteiger partial charge in [0.25, 0.3) is 0 Å². The first kappa shape index (κ1) is 26.5. The van der Waals surface area contributed by atoms with Gasteiger partial charge >= 0.3 is 0 Å². The van der Waals surface area contributed by atoms with Gasteiger partial charge in [-0.2, -0.15) is 9.29 Å². The van der Waals surface area contributed by atoms with E-state index >= 15 is 0 Å². The summed E-state index contributed by atoms with van der Waals surface area (Å²) < 4.78 is 47.6. The van der Waals surface area contributed by atoms with Crippen molar-refractivity contribution in [3.8, 4) is 5.75 Å². The van der Waals surface area contributed by atoms with Crippen molar-refractivity contribution in [2.45, 2.75) is 24.7 Å². The van der Waals surface area contributed by atoms with Crippen LogP contribution in [0.2, 0.25) is 0 Å². The number of hydrogen-bond acceptors (Lipinski definition) is 8. The first-order valence-corrected chi connectivity index (χ1v) is 14.1. The molecule has 1 aliphatic rings. The SMILES string of the molecule is Cc1cc(Nc2ccnc(Nc3ccc(S(=O)(=O)N4CCCC(COc5cccnc5)C4)cc3)n2)ccc1F. The zero-order chi connectivity index (χ0) is 27.2. The Balaban J connectivity index is 1.21. The fourth-order valence-corrected chi connectivity index (χ4v) is 5.93. The van der Waals surface area contributed by atoms with Gasteiger partial charge < -0.3 is 15.4 Å². The highest BCUT2D eigenvalue weighted by molar-refractivity contribution is 7.89. The molecule has 1 unspecified atom stereocenters. The number of nitrogens with one attached hydrogen (secondary N) is 2. The number of aromatic nitrogens is 3. The van der Waals surface area contributed by atoms with Crippen LogP contribution in [0.4, 0.5) is 27.5 Å². The number of sulfonamides is 1. The maximum absolute atomic E-state index is 13.5. The molecular weight excluding hydrogens is 519 g/mol. The van der Waals surface area contributed by atoms with E-state index in [2.05, 4.69) is 25.6 Å². The smallest absolute Gasteiger partial charge is 0.243 e. The number of anilines is 4. The Morgan fingerprint density at radius 3 is 2.64 bits per heavy atom. The van der Waals surface area contributed by atoms with Crippen molar-refractivity contribution in [3.05, 3.63) is 90.6 Å². The van der Waals surface area contributed by atoms with Crippen LogP contribution in [0, 0.1) is 18.7 Å². The van der Waals surface area contributed by atoms with Crippen molar-refractivity contribution >= 4 is 33.2 Å². The van der Waals surface area contributed by atoms with Gasteiger partial charge in [0.05, 0.1) is 17.7 Å². The summed E-state index contributed by atoms with van der Waals surface area (Å²) in [5, 5.41) is 6.23. The zero-order valence-electron chi connectivity index (χ0n) is 21.4. The average Bonchev–Trinajstić information content (AvgIpc) is 2.95. The van der Waals surface area contributed by atoms with E-state index in [0.29, 0.717) is 54.2 Å². The Kier molecular flexibility index (Phi) is 7.99. The standard InChI is InChI=1S/C28H29FN6O3S/c1-20-16-23(8-11-26(20)29)32-27-12-14-31-28(34-27)33-22-6-9-25(10-7-22)39(36,37)35-15-3-4-21(18-35)19-38-24-5-2-13-30-17-24/h2,5-14,16-17,21H,3-4,15,18-19H2,1H3,(H2,31,32,33,34). The molecule has 202 valence electrons. The molecule has 11 heteroatoms. The third-order valence-electron chi connectivity index (χ3n) is 6.44. The summed E-state index contributed by atoms with van der Waals surface area (Å²) in [6.07, 6.45) is 6.61. The fraction of sp³-hybridized carbons (Fsp3) is 0.250. The van der Waals surface area contributed by atoms with Gasteiger partial charge in [-0.25, -0.2) is 17.8 Å². The third-order valence-corrected chi connectivity index (χ3v) is 8.32. The van der Waals surface area contributed by atoms with Gasteiger partial charge in [-0.15, -0.1) is 0 Å². The first-order valence-electron chi connectivity index (χ1n) is 12.6. The molecule has 2 aromatic carbocycles. The Labute approximate surface area is 227 Å². The molecule has 3 heterocycles. The molecule has 2 N–H and O–H groups in total. The van der Waals surface area contributed by atoms with E-state index < -0.39 is 10.0 Å². The lowest BCUT2D eigenvalue weighted by atomic mass is 10.0. The highest BCUT2D eigenvalue weighted by Crippen LogP contribution is 2.26. The van der Waals surface area contributed by atoms with Gasteiger partial charge in [-0.3, -0.25) is 4.98 Å². The van der Waals surface area contributed by atoms with Crippen molar-refractivity contribution in [1.82, 2.24) is 19.3 Å². The second-order valence-corrected chi connectivity index (χ2v) is 11.3. The van der Waals surface area contributed by atoms with Gasteiger partial charge in [0.15, 0.2) is 0 Å². The summed E-state index contributed by atoms with van der Waals surface area (Å²) in [6.45, 7) is 3.02. The molecule has 1 aliphatic heterocycles. The highest BCUT2D eigenvalue weighted by atomic mass is 32.2. The van der Waals surface area contributed by atoms with Crippen molar-refractivity contribution in [1.29, 1.82) is 0 Å². The Bertz CT molecular complexity index is 1520. The van der Waals surface area contributed by atoms with Crippen LogP contribution in [-0.2, 0) is 10.0 Å². The molecule has 1 fully saturated rings. The highest BCUT2D eigenvalue weighted by Gasteiger charge is 2.30. The maximum Gasteiger partial charge on any atom is 0.243 e. The number of hydrogen-bond donors (Lipinski definition) is 2. The molecule has 1 saturated heterocycles. The quantitative estimate of drug-likeness (QED) is 0.291. The minimum Gasteiger partial charge on any atom is -0.492 e. The first-order chi connectivity index (χ1) is 18.9. The van der Waals surface area contributed by atoms with Crippen LogP contribution in [-0.4, -0.2) is 47.4 Å². The minimum absolute atomic E-state index is 0.103. The number of piperidine rings is 1. The van der Waals surface area contributed by atoms with Crippen LogP contribution in [0.15, 0.2) is 84.1 Å². The number of halogens is 1. The molecule has 9 nitrogen and oxygen atoms in total.